The molecule has 0 aliphatic carbocycles. The summed E-state index contributed by atoms with van der Waals surface area (Å²) >= 11 is 0. The Morgan fingerprint density at radius 3 is 2.67 bits per heavy atom. The van der Waals surface area contributed by atoms with Crippen molar-refractivity contribution in [3.63, 3.8) is 0 Å². The van der Waals surface area contributed by atoms with Crippen molar-refractivity contribution in [2.24, 2.45) is 5.16 Å². The lowest BCUT2D eigenvalue weighted by Crippen LogP contribution is -1.91. The first-order valence-electron chi connectivity index (χ1n) is 3.90. The normalized spacial score (nSPS) is 10.1. The van der Waals surface area contributed by atoms with E-state index in [4.69, 9.17) is 0 Å². The van der Waals surface area contributed by atoms with Crippen molar-refractivity contribution in [2.75, 3.05) is 0 Å². The minimum absolute atomic E-state index is 0.417. The number of carbonyl (C=O) groups is 2. The molecule has 12 heavy (non-hydrogen) atoms. The second kappa shape index (κ2) is 7.91. The van der Waals surface area contributed by atoms with E-state index in [1.165, 1.54) is 13.1 Å². The largest absolute Gasteiger partial charge is 0.331 e. The van der Waals surface area contributed by atoms with E-state index in [1.54, 1.807) is 0 Å². The molecule has 0 aromatic heterocycles. The van der Waals surface area contributed by atoms with Gasteiger partial charge in [0, 0.05) is 19.6 Å². The maximum Gasteiger partial charge on any atom is 0.331 e. The van der Waals surface area contributed by atoms with E-state index in [-0.39, 0.29) is 0 Å². The Balaban J connectivity index is 3.13. The Morgan fingerprint density at radius 1 is 1.42 bits per heavy atom. The van der Waals surface area contributed by atoms with Crippen LogP contribution in [0.15, 0.2) is 5.16 Å². The summed E-state index contributed by atoms with van der Waals surface area (Å²) in [5, 5.41) is 3.41. The van der Waals surface area contributed by atoms with Gasteiger partial charge in [-0.15, -0.1) is 0 Å². The van der Waals surface area contributed by atoms with E-state index in [2.05, 4.69) is 9.99 Å². The predicted octanol–water partition coefficient (Wildman–Crippen LogP) is 1.29. The second-order valence-corrected chi connectivity index (χ2v) is 2.32. The van der Waals surface area contributed by atoms with Gasteiger partial charge in [-0.1, -0.05) is 5.16 Å². The molecule has 68 valence electrons. The zero-order chi connectivity index (χ0) is 9.23. The molecule has 0 unspecified atom stereocenters. The molecule has 0 saturated heterocycles. The predicted molar refractivity (Wildman–Crippen MR) is 44.8 cm³/mol. The summed E-state index contributed by atoms with van der Waals surface area (Å²) in [5.41, 5.74) is 0. The zero-order valence-corrected chi connectivity index (χ0v) is 7.16. The molecule has 4 nitrogen and oxygen atoms in total. The van der Waals surface area contributed by atoms with Crippen LogP contribution in [0.25, 0.3) is 0 Å². The van der Waals surface area contributed by atoms with Crippen LogP contribution in [0.5, 0.6) is 0 Å². The zero-order valence-electron chi connectivity index (χ0n) is 7.16. The van der Waals surface area contributed by atoms with Crippen LogP contribution in [0.3, 0.4) is 0 Å². The third kappa shape index (κ3) is 8.81. The van der Waals surface area contributed by atoms with Gasteiger partial charge in [-0.3, -0.25) is 0 Å². The summed E-state index contributed by atoms with van der Waals surface area (Å²) < 4.78 is 0. The van der Waals surface area contributed by atoms with Gasteiger partial charge in [0.25, 0.3) is 0 Å². The van der Waals surface area contributed by atoms with Crippen molar-refractivity contribution in [2.45, 2.75) is 32.6 Å². The molecule has 0 aliphatic heterocycles. The van der Waals surface area contributed by atoms with Gasteiger partial charge in [0.2, 0.25) is 0 Å². The van der Waals surface area contributed by atoms with Crippen LogP contribution in [0.2, 0.25) is 0 Å². The standard InChI is InChI=1S/C8H13NO3/c1-8(11)12-9-6-4-2-3-5-7-10/h6-7H,2-5H2,1H3. The molecule has 0 atom stereocenters. The smallest absolute Gasteiger partial charge is 0.319 e. The van der Waals surface area contributed by atoms with Gasteiger partial charge in [0.1, 0.15) is 6.29 Å². The Kier molecular flexibility index (Phi) is 7.13. The highest BCUT2D eigenvalue weighted by atomic mass is 16.7. The van der Waals surface area contributed by atoms with E-state index in [0.717, 1.165) is 25.5 Å². The Labute approximate surface area is 71.6 Å². The highest BCUT2D eigenvalue weighted by molar-refractivity contribution is 5.67. The number of oxime groups is 1. The molecule has 0 N–H and O–H groups in total. The first-order valence-corrected chi connectivity index (χ1v) is 3.90. The van der Waals surface area contributed by atoms with E-state index in [9.17, 15) is 9.59 Å². The summed E-state index contributed by atoms with van der Waals surface area (Å²) in [4.78, 5) is 24.4. The summed E-state index contributed by atoms with van der Waals surface area (Å²) in [6, 6.07) is 0. The van der Waals surface area contributed by atoms with Crippen molar-refractivity contribution >= 4 is 18.5 Å². The maximum atomic E-state index is 10.2. The molecule has 0 fully saturated rings. The maximum absolute atomic E-state index is 10.2. The Bertz CT molecular complexity index is 166. The number of rotatable bonds is 6. The molecule has 0 radical (unpaired) electrons. The van der Waals surface area contributed by atoms with Crippen molar-refractivity contribution in [3.05, 3.63) is 0 Å². The molecule has 0 spiro atoms. The minimum atomic E-state index is -0.417. The van der Waals surface area contributed by atoms with E-state index < -0.39 is 5.97 Å². The van der Waals surface area contributed by atoms with E-state index >= 15 is 0 Å². The van der Waals surface area contributed by atoms with Crippen molar-refractivity contribution in [1.82, 2.24) is 0 Å². The molecule has 0 aromatic rings. The Hall–Kier alpha value is -1.19. The molecule has 0 amide bonds. The molecule has 0 aliphatic rings. The molecule has 0 saturated carbocycles. The Morgan fingerprint density at radius 2 is 2.08 bits per heavy atom. The SMILES string of the molecule is CC(=O)ON=CCCCCC=O. The minimum Gasteiger partial charge on any atom is -0.319 e. The molecule has 0 aromatic carbocycles. The van der Waals surface area contributed by atoms with Gasteiger partial charge in [-0.25, -0.2) is 4.79 Å². The van der Waals surface area contributed by atoms with Crippen LogP contribution in [0, 0.1) is 0 Å². The molecule has 0 rings (SSSR count). The van der Waals surface area contributed by atoms with Crippen LogP contribution in [-0.4, -0.2) is 18.5 Å². The number of unbranched alkanes of at least 4 members (excludes halogenated alkanes) is 3. The molecule has 4 heteroatoms. The third-order valence-electron chi connectivity index (χ3n) is 1.16. The van der Waals surface area contributed by atoms with E-state index in [1.807, 2.05) is 0 Å². The monoisotopic (exact) mass is 171 g/mol. The summed E-state index contributed by atoms with van der Waals surface area (Å²) in [7, 11) is 0. The lowest BCUT2D eigenvalue weighted by molar-refractivity contribution is -0.140. The fourth-order valence-electron chi connectivity index (χ4n) is 0.627. The number of nitrogens with zero attached hydrogens (tertiary/aromatic N) is 1. The topological polar surface area (TPSA) is 55.7 Å². The highest BCUT2D eigenvalue weighted by Crippen LogP contribution is 1.95. The van der Waals surface area contributed by atoms with Gasteiger partial charge in [-0.2, -0.15) is 0 Å². The first-order chi connectivity index (χ1) is 5.77. The van der Waals surface area contributed by atoms with Crippen LogP contribution in [0.4, 0.5) is 0 Å². The van der Waals surface area contributed by atoms with Crippen molar-refractivity contribution < 1.29 is 14.4 Å². The summed E-state index contributed by atoms with van der Waals surface area (Å²) in [5.74, 6) is -0.417. The van der Waals surface area contributed by atoms with Crippen LogP contribution in [-0.2, 0) is 14.4 Å². The molecule has 0 heterocycles. The van der Waals surface area contributed by atoms with Gasteiger partial charge in [0.15, 0.2) is 0 Å². The van der Waals surface area contributed by atoms with Crippen LogP contribution in [0.1, 0.15) is 32.6 Å². The number of hydrogen-bond acceptors (Lipinski definition) is 4. The molecular weight excluding hydrogens is 158 g/mol. The van der Waals surface area contributed by atoms with Crippen molar-refractivity contribution in [3.8, 4) is 0 Å². The molecular formula is C8H13NO3. The van der Waals surface area contributed by atoms with Gasteiger partial charge in [0.05, 0.1) is 0 Å². The van der Waals surface area contributed by atoms with Crippen LogP contribution < -0.4 is 0 Å². The fourth-order valence-corrected chi connectivity index (χ4v) is 0.627. The molecule has 0 bridgehead atoms. The third-order valence-corrected chi connectivity index (χ3v) is 1.16. The summed E-state index contributed by atoms with van der Waals surface area (Å²) in [6.45, 7) is 1.30. The number of aldehydes is 1. The quantitative estimate of drug-likeness (QED) is 0.199. The van der Waals surface area contributed by atoms with E-state index in [0.29, 0.717) is 6.42 Å². The average Bonchev–Trinajstić information content (AvgIpc) is 2.02. The second-order valence-electron chi connectivity index (χ2n) is 2.32. The van der Waals surface area contributed by atoms with Gasteiger partial charge in [-0.05, 0) is 19.3 Å². The first kappa shape index (κ1) is 10.8. The summed E-state index contributed by atoms with van der Waals surface area (Å²) in [6.07, 6.45) is 5.50. The fraction of sp³-hybridized carbons (Fsp3) is 0.625. The average molecular weight is 171 g/mol. The number of carbonyl (C=O) groups excluding carboxylic acids is 2. The van der Waals surface area contributed by atoms with Gasteiger partial charge < -0.3 is 9.63 Å². The highest BCUT2D eigenvalue weighted by Gasteiger charge is 1.87. The van der Waals surface area contributed by atoms with Crippen LogP contribution >= 0.6 is 0 Å². The number of hydrogen-bond donors (Lipinski definition) is 0. The lowest BCUT2D eigenvalue weighted by Gasteiger charge is -1.90. The van der Waals surface area contributed by atoms with Crippen molar-refractivity contribution in [1.29, 1.82) is 0 Å². The van der Waals surface area contributed by atoms with Gasteiger partial charge >= 0.3 is 5.97 Å². The lowest BCUT2D eigenvalue weighted by atomic mass is 10.2.